The Hall–Kier alpha value is -3.00. The molecule has 1 aromatic heterocycles. The fourth-order valence-corrected chi connectivity index (χ4v) is 16.6. The van der Waals surface area contributed by atoms with Crippen LogP contribution in [0.5, 0.6) is 5.88 Å². The minimum absolute atomic E-state index is 0.0230. The molecule has 5 fully saturated rings. The zero-order chi connectivity index (χ0) is 42.2. The molecule has 1 aromatic rings. The summed E-state index contributed by atoms with van der Waals surface area (Å²) in [6.45, 7) is 23.1. The molecular formula is C49H70N4O5S. The smallest absolute Gasteiger partial charge is 0.313 e. The van der Waals surface area contributed by atoms with Gasteiger partial charge in [0.05, 0.1) is 23.1 Å². The van der Waals surface area contributed by atoms with Crippen LogP contribution in [0.25, 0.3) is 0 Å². The van der Waals surface area contributed by atoms with Gasteiger partial charge in [-0.05, 0) is 152 Å². The molecule has 10 atom stereocenters. The van der Waals surface area contributed by atoms with Gasteiger partial charge in [-0.15, -0.1) is 0 Å². The number of rotatable bonds is 10. The first-order chi connectivity index (χ1) is 27.8. The van der Waals surface area contributed by atoms with Crippen molar-refractivity contribution >= 4 is 15.8 Å². The highest BCUT2D eigenvalue weighted by atomic mass is 32.2. The van der Waals surface area contributed by atoms with Crippen LogP contribution >= 0.6 is 0 Å². The van der Waals surface area contributed by atoms with E-state index < -0.39 is 21.2 Å². The number of sulfone groups is 1. The van der Waals surface area contributed by atoms with Crippen LogP contribution in [0.15, 0.2) is 53.8 Å². The topological polar surface area (TPSA) is 133 Å². The molecule has 1 aliphatic heterocycles. The number of ether oxygens (including phenoxy) is 1. The number of nitrogens with zero attached hydrogens (tertiary/aromatic N) is 3. The van der Waals surface area contributed by atoms with Crippen molar-refractivity contribution in [3.63, 3.8) is 0 Å². The van der Waals surface area contributed by atoms with Crippen LogP contribution in [0.4, 0.5) is 0 Å². The third kappa shape index (κ3) is 6.96. The van der Waals surface area contributed by atoms with E-state index >= 15 is 0 Å². The number of aliphatic carboxylic acids is 1. The molecule has 322 valence electrons. The monoisotopic (exact) mass is 827 g/mol. The van der Waals surface area contributed by atoms with Gasteiger partial charge in [-0.1, -0.05) is 58.9 Å². The quantitative estimate of drug-likeness (QED) is 0.222. The number of allylic oxidation sites excluding steroid dienone is 5. The van der Waals surface area contributed by atoms with E-state index in [2.05, 4.69) is 81.5 Å². The zero-order valence-electron chi connectivity index (χ0n) is 36.7. The molecule has 8 rings (SSSR count). The second-order valence-electron chi connectivity index (χ2n) is 21.6. The van der Waals surface area contributed by atoms with Crippen molar-refractivity contribution in [3.8, 4) is 11.9 Å². The molecule has 10 heteroatoms. The molecule has 1 saturated heterocycles. The van der Waals surface area contributed by atoms with E-state index in [4.69, 9.17) is 4.74 Å². The van der Waals surface area contributed by atoms with Crippen molar-refractivity contribution in [2.45, 2.75) is 124 Å². The van der Waals surface area contributed by atoms with Gasteiger partial charge >= 0.3 is 5.97 Å². The highest BCUT2D eigenvalue weighted by Gasteiger charge is 2.70. The summed E-state index contributed by atoms with van der Waals surface area (Å²) >= 11 is 0. The van der Waals surface area contributed by atoms with Crippen LogP contribution < -0.4 is 10.1 Å². The Morgan fingerprint density at radius 2 is 1.76 bits per heavy atom. The molecular weight excluding hydrogens is 757 g/mol. The molecule has 0 amide bonds. The molecule has 0 aromatic carbocycles. The summed E-state index contributed by atoms with van der Waals surface area (Å²) in [6.07, 6.45) is 18.9. The summed E-state index contributed by atoms with van der Waals surface area (Å²) in [5.74, 6) is 2.97. The highest BCUT2D eigenvalue weighted by molar-refractivity contribution is 7.91. The fourth-order valence-electron chi connectivity index (χ4n) is 15.3. The third-order valence-electron chi connectivity index (χ3n) is 18.8. The minimum Gasteiger partial charge on any atom is -0.481 e. The summed E-state index contributed by atoms with van der Waals surface area (Å²) in [7, 11) is -2.88. The molecule has 0 spiro atoms. The number of carboxylic acid groups (broad SMARTS) is 1. The van der Waals surface area contributed by atoms with Crippen LogP contribution in [0.3, 0.4) is 0 Å². The molecule has 59 heavy (non-hydrogen) atoms. The normalized spacial score (nSPS) is 41.1. The van der Waals surface area contributed by atoms with E-state index in [1.54, 1.807) is 12.1 Å². The summed E-state index contributed by atoms with van der Waals surface area (Å²) in [6, 6.07) is 5.28. The number of hydrogen-bond acceptors (Lipinski definition) is 8. The van der Waals surface area contributed by atoms with Crippen LogP contribution in [0.1, 0.15) is 124 Å². The first-order valence-electron chi connectivity index (χ1n) is 22.8. The number of fused-ring (bicyclic) bond motifs is 7. The molecule has 2 N–H and O–H groups in total. The lowest BCUT2D eigenvalue weighted by molar-refractivity contribution is -0.221. The van der Waals surface area contributed by atoms with E-state index in [0.717, 1.165) is 19.5 Å². The lowest BCUT2D eigenvalue weighted by Gasteiger charge is -2.72. The minimum atomic E-state index is -2.88. The maximum Gasteiger partial charge on any atom is 0.313 e. The van der Waals surface area contributed by atoms with Gasteiger partial charge in [0.2, 0.25) is 5.88 Å². The number of nitriles is 1. The second-order valence-corrected chi connectivity index (χ2v) is 23.9. The van der Waals surface area contributed by atoms with Crippen molar-refractivity contribution in [1.29, 1.82) is 5.26 Å². The first-order valence-corrected chi connectivity index (χ1v) is 24.6. The Morgan fingerprint density at radius 1 is 1.00 bits per heavy atom. The van der Waals surface area contributed by atoms with Crippen molar-refractivity contribution in [1.82, 2.24) is 15.2 Å². The Morgan fingerprint density at radius 3 is 2.44 bits per heavy atom. The molecule has 7 aliphatic rings. The Kier molecular flexibility index (Phi) is 10.9. The number of carboxylic acids is 1. The van der Waals surface area contributed by atoms with Crippen molar-refractivity contribution in [2.75, 3.05) is 44.3 Å². The Balaban J connectivity index is 1.00. The summed E-state index contributed by atoms with van der Waals surface area (Å²) in [5, 5.41) is 24.0. The lowest BCUT2D eigenvalue weighted by Crippen LogP contribution is -2.68. The number of hydrogen-bond donors (Lipinski definition) is 2. The van der Waals surface area contributed by atoms with E-state index in [0.29, 0.717) is 67.5 Å². The molecule has 2 heterocycles. The third-order valence-corrected chi connectivity index (χ3v) is 20.4. The van der Waals surface area contributed by atoms with Gasteiger partial charge in [0.25, 0.3) is 0 Å². The number of carbonyl (C=O) groups is 1. The highest BCUT2D eigenvalue weighted by Crippen LogP contribution is 2.76. The van der Waals surface area contributed by atoms with E-state index in [-0.39, 0.29) is 51.2 Å². The van der Waals surface area contributed by atoms with Crippen molar-refractivity contribution in [2.24, 2.45) is 56.7 Å². The fraction of sp³-hybridized carbons (Fsp3) is 0.735. The summed E-state index contributed by atoms with van der Waals surface area (Å²) in [4.78, 5) is 19.3. The van der Waals surface area contributed by atoms with E-state index in [9.17, 15) is 23.6 Å². The maximum atomic E-state index is 12.8. The van der Waals surface area contributed by atoms with Crippen LogP contribution in [0.2, 0.25) is 0 Å². The summed E-state index contributed by atoms with van der Waals surface area (Å²) < 4.78 is 30.1. The maximum absolute atomic E-state index is 12.8. The van der Waals surface area contributed by atoms with Crippen LogP contribution in [-0.4, -0.2) is 79.2 Å². The number of pyridine rings is 1. The van der Waals surface area contributed by atoms with E-state index in [1.165, 1.54) is 74.3 Å². The predicted molar refractivity (Wildman–Crippen MR) is 232 cm³/mol. The molecule has 0 bridgehead atoms. The molecule has 9 nitrogen and oxygen atoms in total. The Labute approximate surface area is 354 Å². The average molecular weight is 827 g/mol. The number of aromatic nitrogens is 1. The van der Waals surface area contributed by atoms with Gasteiger partial charge < -0.3 is 20.1 Å². The standard InChI is InChI=1S/C49H70N4O5S/c1-33(2)36-12-20-49(52-24-25-53-26-28-59(56,57)29-27-53)22-21-46(6)38(42(36)49)8-9-40-45(5)16-13-37(44(3,4)39(45)14-17-47(40,46)7)35-10-18-48(19-11-35,43(54)55)32-58-41-30-34(31-50)15-23-51-41/h10,13,15,23,30,36,38-40,42,52H,1,8-9,11-12,14,16-22,24-29,32H2,2-7H3,(H,54,55)/t36-,38+,39?,40?,42?,45-,46+,47+,48?,49-/m0/s1. The second kappa shape index (κ2) is 15.1. The van der Waals surface area contributed by atoms with E-state index in [1.807, 2.05) is 0 Å². The Bertz CT molecular complexity index is 2060. The number of nitrogens with one attached hydrogen (secondary N) is 1. The van der Waals surface area contributed by atoms with Gasteiger partial charge in [0, 0.05) is 44.0 Å². The largest absolute Gasteiger partial charge is 0.481 e. The van der Waals surface area contributed by atoms with Gasteiger partial charge in [-0.25, -0.2) is 13.4 Å². The average Bonchev–Trinajstić information content (AvgIpc) is 3.58. The first kappa shape index (κ1) is 42.7. The summed E-state index contributed by atoms with van der Waals surface area (Å²) in [5.41, 5.74) is 4.28. The zero-order valence-corrected chi connectivity index (χ0v) is 37.6. The van der Waals surface area contributed by atoms with Crippen molar-refractivity contribution < 1.29 is 23.1 Å². The van der Waals surface area contributed by atoms with Crippen LogP contribution in [0, 0.1) is 68.0 Å². The van der Waals surface area contributed by atoms with Gasteiger partial charge in [-0.3, -0.25) is 4.79 Å². The molecule has 4 unspecified atom stereocenters. The van der Waals surface area contributed by atoms with Crippen LogP contribution in [-0.2, 0) is 14.6 Å². The van der Waals surface area contributed by atoms with Gasteiger partial charge in [0.1, 0.15) is 12.0 Å². The van der Waals surface area contributed by atoms with Gasteiger partial charge in [-0.2, -0.15) is 5.26 Å². The molecule has 4 saturated carbocycles. The molecule has 0 radical (unpaired) electrons. The van der Waals surface area contributed by atoms with Gasteiger partial charge in [0.15, 0.2) is 9.84 Å². The lowest BCUT2D eigenvalue weighted by atomic mass is 9.33. The molecule has 6 aliphatic carbocycles. The predicted octanol–water partition coefficient (Wildman–Crippen LogP) is 8.78. The van der Waals surface area contributed by atoms with Crippen molar-refractivity contribution in [3.05, 3.63) is 59.3 Å². The SMILES string of the molecule is C=C(C)[C@@H]1CC[C@]2(NCCN3CCS(=O)(=O)CC3)CC[C@]3(C)[C@H](CCC4[C@@]5(C)CC=C(C6=CCC(COc7cc(C#N)ccn7)(C(=O)O)CC6)C(C)(C)C5CC[C@]43C)C12.